The fraction of sp³-hybridized carbons (Fsp3) is 0.462. The predicted octanol–water partition coefficient (Wildman–Crippen LogP) is 4.54. The molecule has 1 unspecified atom stereocenters. The van der Waals surface area contributed by atoms with Gasteiger partial charge in [-0.3, -0.25) is 9.59 Å². The number of carbonyl (C=O) groups is 2. The van der Waals surface area contributed by atoms with Crippen LogP contribution in [0.4, 0.5) is 0 Å². The summed E-state index contributed by atoms with van der Waals surface area (Å²) in [4.78, 5) is 30.3. The van der Waals surface area contributed by atoms with E-state index in [1.165, 1.54) is 5.56 Å². The molecule has 2 heterocycles. The number of nitrogens with zero attached hydrogens (tertiary/aromatic N) is 2. The summed E-state index contributed by atoms with van der Waals surface area (Å²) < 4.78 is 0. The third kappa shape index (κ3) is 4.43. The molecule has 2 aliphatic heterocycles. The minimum Gasteiger partial charge on any atom is -0.341 e. The summed E-state index contributed by atoms with van der Waals surface area (Å²) in [6.07, 6.45) is 3.85. The van der Waals surface area contributed by atoms with E-state index in [0.29, 0.717) is 24.8 Å². The van der Waals surface area contributed by atoms with Crippen molar-refractivity contribution in [2.45, 2.75) is 52.1 Å². The third-order valence-corrected chi connectivity index (χ3v) is 6.50. The number of fused-ring (bicyclic) bond motifs is 1. The van der Waals surface area contributed by atoms with Crippen molar-refractivity contribution in [1.82, 2.24) is 9.80 Å². The predicted molar refractivity (Wildman–Crippen MR) is 119 cm³/mol. The lowest BCUT2D eigenvalue weighted by molar-refractivity contribution is -0.138. The molecule has 30 heavy (non-hydrogen) atoms. The highest BCUT2D eigenvalue weighted by atomic mass is 16.2. The summed E-state index contributed by atoms with van der Waals surface area (Å²) in [5.74, 6) is 1.11. The average molecular weight is 405 g/mol. The van der Waals surface area contributed by atoms with Gasteiger partial charge in [-0.25, -0.2) is 0 Å². The molecule has 1 saturated heterocycles. The molecule has 4 nitrogen and oxygen atoms in total. The summed E-state index contributed by atoms with van der Waals surface area (Å²) in [6.45, 7) is 6.38. The highest BCUT2D eigenvalue weighted by molar-refractivity contribution is 6.01. The highest BCUT2D eigenvalue weighted by Crippen LogP contribution is 2.29. The molecule has 158 valence electrons. The molecule has 0 radical (unpaired) electrons. The van der Waals surface area contributed by atoms with Crippen LogP contribution in [-0.2, 0) is 17.8 Å². The van der Waals surface area contributed by atoms with E-state index in [9.17, 15) is 9.59 Å². The van der Waals surface area contributed by atoms with E-state index in [2.05, 4.69) is 44.2 Å². The molecule has 0 saturated carbocycles. The standard InChI is InChI=1S/C26H32N2O2/c1-19(2)16-24(28-18-22-10-6-7-11-23(22)25(28)29)26(30)27-14-12-21(13-15-27)17-20-8-4-3-5-9-20/h3-11,19,21,24H,12-18H2,1-2H3. The lowest BCUT2D eigenvalue weighted by atomic mass is 9.89. The fourth-order valence-electron chi connectivity index (χ4n) is 4.85. The van der Waals surface area contributed by atoms with Gasteiger partial charge in [-0.1, -0.05) is 62.4 Å². The zero-order valence-electron chi connectivity index (χ0n) is 18.1. The number of amides is 2. The number of hydrogen-bond donors (Lipinski definition) is 0. The Balaban J connectivity index is 1.42. The summed E-state index contributed by atoms with van der Waals surface area (Å²) in [7, 11) is 0. The van der Waals surface area contributed by atoms with E-state index >= 15 is 0 Å². The van der Waals surface area contributed by atoms with Gasteiger partial charge in [0.1, 0.15) is 6.04 Å². The Kier molecular flexibility index (Phi) is 6.21. The van der Waals surface area contributed by atoms with Crippen LogP contribution in [0.5, 0.6) is 0 Å². The molecular formula is C26H32N2O2. The van der Waals surface area contributed by atoms with Crippen molar-refractivity contribution >= 4 is 11.8 Å². The minimum absolute atomic E-state index is 0.00330. The molecule has 0 aliphatic carbocycles. The molecule has 2 aromatic rings. The van der Waals surface area contributed by atoms with E-state index < -0.39 is 0 Å². The molecule has 4 heteroatoms. The molecule has 0 spiro atoms. The van der Waals surface area contributed by atoms with Crippen molar-refractivity contribution in [1.29, 1.82) is 0 Å². The van der Waals surface area contributed by atoms with E-state index in [1.54, 1.807) is 0 Å². The van der Waals surface area contributed by atoms with Crippen LogP contribution in [0.15, 0.2) is 54.6 Å². The van der Waals surface area contributed by atoms with Crippen molar-refractivity contribution in [3.8, 4) is 0 Å². The summed E-state index contributed by atoms with van der Waals surface area (Å²) in [6, 6.07) is 18.0. The first-order valence-corrected chi connectivity index (χ1v) is 11.2. The van der Waals surface area contributed by atoms with E-state index in [-0.39, 0.29) is 17.9 Å². The maximum Gasteiger partial charge on any atom is 0.255 e. The maximum atomic E-state index is 13.5. The van der Waals surface area contributed by atoms with Crippen molar-refractivity contribution in [2.24, 2.45) is 11.8 Å². The lowest BCUT2D eigenvalue weighted by Crippen LogP contribution is -2.51. The van der Waals surface area contributed by atoms with Crippen LogP contribution < -0.4 is 0 Å². The Labute approximate surface area is 179 Å². The first-order chi connectivity index (χ1) is 14.5. The smallest absolute Gasteiger partial charge is 0.255 e. The maximum absolute atomic E-state index is 13.5. The van der Waals surface area contributed by atoms with Crippen molar-refractivity contribution in [3.63, 3.8) is 0 Å². The first-order valence-electron chi connectivity index (χ1n) is 11.2. The van der Waals surface area contributed by atoms with Gasteiger partial charge in [-0.15, -0.1) is 0 Å². The molecule has 2 aromatic carbocycles. The fourth-order valence-corrected chi connectivity index (χ4v) is 4.85. The van der Waals surface area contributed by atoms with Gasteiger partial charge < -0.3 is 9.80 Å². The van der Waals surface area contributed by atoms with Crippen LogP contribution in [0.3, 0.4) is 0 Å². The lowest BCUT2D eigenvalue weighted by Gasteiger charge is -2.37. The van der Waals surface area contributed by atoms with E-state index in [1.807, 2.05) is 34.1 Å². The number of piperidine rings is 1. The van der Waals surface area contributed by atoms with Crippen molar-refractivity contribution in [2.75, 3.05) is 13.1 Å². The highest BCUT2D eigenvalue weighted by Gasteiger charge is 2.39. The second-order valence-corrected chi connectivity index (χ2v) is 9.19. The molecule has 0 N–H and O–H groups in total. The Morgan fingerprint density at radius 2 is 1.67 bits per heavy atom. The monoisotopic (exact) mass is 404 g/mol. The third-order valence-electron chi connectivity index (χ3n) is 6.50. The number of hydrogen-bond acceptors (Lipinski definition) is 2. The van der Waals surface area contributed by atoms with Gasteiger partial charge in [-0.2, -0.15) is 0 Å². The molecule has 2 aliphatic rings. The number of benzene rings is 2. The van der Waals surface area contributed by atoms with Crippen LogP contribution in [0.1, 0.15) is 54.6 Å². The van der Waals surface area contributed by atoms with Gasteiger partial charge in [0.15, 0.2) is 0 Å². The molecule has 2 amide bonds. The zero-order chi connectivity index (χ0) is 21.1. The summed E-state index contributed by atoms with van der Waals surface area (Å²) in [5.41, 5.74) is 3.16. The molecule has 4 rings (SSSR count). The van der Waals surface area contributed by atoms with Crippen LogP contribution in [0, 0.1) is 11.8 Å². The SMILES string of the molecule is CC(C)CC(C(=O)N1CCC(Cc2ccccc2)CC1)N1Cc2ccccc2C1=O. The largest absolute Gasteiger partial charge is 0.341 e. The topological polar surface area (TPSA) is 40.6 Å². The van der Waals surface area contributed by atoms with Gasteiger partial charge in [0.25, 0.3) is 5.91 Å². The number of likely N-dealkylation sites (tertiary alicyclic amines) is 1. The van der Waals surface area contributed by atoms with Gasteiger partial charge in [-0.05, 0) is 54.7 Å². The molecule has 0 aromatic heterocycles. The zero-order valence-corrected chi connectivity index (χ0v) is 18.1. The van der Waals surface area contributed by atoms with Crippen LogP contribution in [0.2, 0.25) is 0 Å². The quantitative estimate of drug-likeness (QED) is 0.709. The Morgan fingerprint density at radius 1 is 1.00 bits per heavy atom. The van der Waals surface area contributed by atoms with Crippen molar-refractivity contribution < 1.29 is 9.59 Å². The van der Waals surface area contributed by atoms with Crippen molar-refractivity contribution in [3.05, 3.63) is 71.3 Å². The van der Waals surface area contributed by atoms with Gasteiger partial charge in [0.05, 0.1) is 0 Å². The Bertz CT molecular complexity index is 885. The molecule has 1 fully saturated rings. The Hall–Kier alpha value is -2.62. The summed E-state index contributed by atoms with van der Waals surface area (Å²) in [5, 5.41) is 0. The summed E-state index contributed by atoms with van der Waals surface area (Å²) >= 11 is 0. The van der Waals surface area contributed by atoms with E-state index in [4.69, 9.17) is 0 Å². The number of carbonyl (C=O) groups excluding carboxylic acids is 2. The number of rotatable bonds is 6. The average Bonchev–Trinajstić information content (AvgIpc) is 3.09. The van der Waals surface area contributed by atoms with E-state index in [0.717, 1.165) is 43.5 Å². The molecule has 0 bridgehead atoms. The van der Waals surface area contributed by atoms with Gasteiger partial charge in [0, 0.05) is 25.2 Å². The van der Waals surface area contributed by atoms with Gasteiger partial charge >= 0.3 is 0 Å². The Morgan fingerprint density at radius 3 is 2.33 bits per heavy atom. The normalized spacial score (nSPS) is 18.0. The van der Waals surface area contributed by atoms with Crippen LogP contribution >= 0.6 is 0 Å². The second kappa shape index (κ2) is 9.03. The second-order valence-electron chi connectivity index (χ2n) is 9.19. The van der Waals surface area contributed by atoms with Crippen LogP contribution in [-0.4, -0.2) is 40.7 Å². The molecular weight excluding hydrogens is 372 g/mol. The van der Waals surface area contributed by atoms with Crippen LogP contribution in [0.25, 0.3) is 0 Å². The van der Waals surface area contributed by atoms with Gasteiger partial charge in [0.2, 0.25) is 5.91 Å². The first kappa shape index (κ1) is 20.6. The molecule has 1 atom stereocenters. The minimum atomic E-state index is -0.365.